The van der Waals surface area contributed by atoms with E-state index in [-0.39, 0.29) is 22.3 Å². The molecule has 2 amide bonds. The Bertz CT molecular complexity index is 1270. The molecule has 2 aromatic carbocycles. The summed E-state index contributed by atoms with van der Waals surface area (Å²) in [6.45, 7) is 0. The molecule has 12 heteroatoms. The molecule has 3 aromatic rings. The predicted octanol–water partition coefficient (Wildman–Crippen LogP) is 5.48. The molecule has 0 aliphatic rings. The fourth-order valence-electron chi connectivity index (χ4n) is 3.36. The second kappa shape index (κ2) is 9.96. The van der Waals surface area contributed by atoms with E-state index in [1.165, 1.54) is 26.4 Å². The Balaban J connectivity index is 2.01. The highest BCUT2D eigenvalue weighted by atomic mass is 19.4. The van der Waals surface area contributed by atoms with Gasteiger partial charge in [-0.2, -0.15) is 26.3 Å². The molecule has 0 saturated heterocycles. The number of halogens is 7. The number of likely N-dealkylation sites (N-methyl/N-ethyl adjacent to an activating group) is 1. The summed E-state index contributed by atoms with van der Waals surface area (Å²) in [5, 5.41) is 2.33. The minimum Gasteiger partial charge on any atom is -0.347 e. The number of hydrogen-bond donors (Lipinski definition) is 1. The van der Waals surface area contributed by atoms with Crippen molar-refractivity contribution in [3.8, 4) is 11.1 Å². The van der Waals surface area contributed by atoms with Crippen LogP contribution in [-0.4, -0.2) is 35.8 Å². The van der Waals surface area contributed by atoms with E-state index in [1.807, 2.05) is 0 Å². The van der Waals surface area contributed by atoms with Gasteiger partial charge in [0.05, 0.1) is 16.7 Å². The summed E-state index contributed by atoms with van der Waals surface area (Å²) >= 11 is 0. The Kier molecular flexibility index (Phi) is 7.37. The van der Waals surface area contributed by atoms with Crippen LogP contribution in [-0.2, 0) is 17.1 Å². The minimum absolute atomic E-state index is 0.146. The van der Waals surface area contributed by atoms with Gasteiger partial charge in [0.2, 0.25) is 5.91 Å². The van der Waals surface area contributed by atoms with Gasteiger partial charge in [0.1, 0.15) is 11.9 Å². The monoisotopic (exact) mass is 513 g/mol. The molecule has 190 valence electrons. The number of alkyl halides is 6. The molecule has 1 atom stereocenters. The highest BCUT2D eigenvalue weighted by Crippen LogP contribution is 2.34. The van der Waals surface area contributed by atoms with Gasteiger partial charge in [-0.25, -0.2) is 4.39 Å². The van der Waals surface area contributed by atoms with Crippen molar-refractivity contribution >= 4 is 11.8 Å². The van der Waals surface area contributed by atoms with E-state index in [1.54, 1.807) is 0 Å². The van der Waals surface area contributed by atoms with Gasteiger partial charge in [-0.3, -0.25) is 14.6 Å². The van der Waals surface area contributed by atoms with Crippen molar-refractivity contribution in [1.29, 1.82) is 0 Å². The second-order valence-corrected chi connectivity index (χ2v) is 7.87. The van der Waals surface area contributed by atoms with E-state index >= 15 is 0 Å². The molecule has 0 spiro atoms. The van der Waals surface area contributed by atoms with Crippen LogP contribution in [0.3, 0.4) is 0 Å². The molecule has 5 nitrogen and oxygen atoms in total. The van der Waals surface area contributed by atoms with E-state index in [0.29, 0.717) is 12.1 Å². The maximum atomic E-state index is 13.8. The zero-order valence-corrected chi connectivity index (χ0v) is 18.7. The quantitative estimate of drug-likeness (QED) is 0.460. The van der Waals surface area contributed by atoms with Gasteiger partial charge in [-0.1, -0.05) is 18.2 Å². The molecule has 0 aliphatic carbocycles. The Morgan fingerprint density at radius 3 is 2.11 bits per heavy atom. The van der Waals surface area contributed by atoms with Crippen LogP contribution in [0.4, 0.5) is 30.7 Å². The van der Waals surface area contributed by atoms with Gasteiger partial charge in [0.15, 0.2) is 0 Å². The molecular formula is C24H18F7N3O2. The summed E-state index contributed by atoms with van der Waals surface area (Å²) in [6, 6.07) is 5.59. The summed E-state index contributed by atoms with van der Waals surface area (Å²) in [4.78, 5) is 30.7. The number of pyridine rings is 1. The lowest BCUT2D eigenvalue weighted by atomic mass is 9.98. The number of nitrogens with zero attached hydrogens (tertiary/aromatic N) is 2. The van der Waals surface area contributed by atoms with Crippen LogP contribution in [0.5, 0.6) is 0 Å². The number of rotatable bonds is 5. The predicted molar refractivity (Wildman–Crippen MR) is 115 cm³/mol. The number of hydrogen-bond acceptors (Lipinski definition) is 3. The standard InChI is InChI=1S/C24H18F7N3O2/c1-34(2)22(36)20(14-5-8-19(25)18(11-14)24(29,30)31)33-21(35)17-12-32-10-9-16(17)13-3-6-15(7-4-13)23(26,27)28/h3-12,20H,1-2H3,(H,33,35)/t20-/m0/s1. The van der Waals surface area contributed by atoms with Crippen molar-refractivity contribution < 1.29 is 40.3 Å². The van der Waals surface area contributed by atoms with Crippen LogP contribution >= 0.6 is 0 Å². The molecule has 0 bridgehead atoms. The first-order chi connectivity index (χ1) is 16.7. The largest absolute Gasteiger partial charge is 0.419 e. The fraction of sp³-hybridized carbons (Fsp3) is 0.208. The maximum absolute atomic E-state index is 13.8. The van der Waals surface area contributed by atoms with Gasteiger partial charge in [0, 0.05) is 26.5 Å². The summed E-state index contributed by atoms with van der Waals surface area (Å²) in [7, 11) is 2.63. The van der Waals surface area contributed by atoms with Crippen molar-refractivity contribution in [2.75, 3.05) is 14.1 Å². The number of nitrogens with one attached hydrogen (secondary N) is 1. The molecule has 1 heterocycles. The molecular weight excluding hydrogens is 495 g/mol. The molecule has 1 N–H and O–H groups in total. The Labute approximate surface area is 200 Å². The summed E-state index contributed by atoms with van der Waals surface area (Å²) in [6.07, 6.45) is -7.22. The van der Waals surface area contributed by atoms with Gasteiger partial charge >= 0.3 is 12.4 Å². The third-order valence-corrected chi connectivity index (χ3v) is 5.18. The fourth-order valence-corrected chi connectivity index (χ4v) is 3.36. The van der Waals surface area contributed by atoms with Crippen LogP contribution in [0.1, 0.15) is 33.1 Å². The molecule has 0 fully saturated rings. The first-order valence-corrected chi connectivity index (χ1v) is 10.2. The number of carbonyl (C=O) groups excluding carboxylic acids is 2. The number of aromatic nitrogens is 1. The van der Waals surface area contributed by atoms with Crippen molar-refractivity contribution in [3.63, 3.8) is 0 Å². The van der Waals surface area contributed by atoms with Crippen LogP contribution in [0, 0.1) is 5.82 Å². The Morgan fingerprint density at radius 1 is 0.917 bits per heavy atom. The lowest BCUT2D eigenvalue weighted by molar-refractivity contribution is -0.140. The van der Waals surface area contributed by atoms with Crippen LogP contribution in [0.25, 0.3) is 11.1 Å². The highest BCUT2D eigenvalue weighted by molar-refractivity contribution is 6.02. The van der Waals surface area contributed by atoms with Gasteiger partial charge in [-0.15, -0.1) is 0 Å². The lowest BCUT2D eigenvalue weighted by Crippen LogP contribution is -2.40. The van der Waals surface area contributed by atoms with Crippen molar-refractivity contribution in [1.82, 2.24) is 15.2 Å². The normalized spacial score (nSPS) is 12.7. The number of benzene rings is 2. The average Bonchev–Trinajstić information content (AvgIpc) is 2.81. The van der Waals surface area contributed by atoms with E-state index in [0.717, 1.165) is 41.4 Å². The second-order valence-electron chi connectivity index (χ2n) is 7.87. The minimum atomic E-state index is -5.05. The first kappa shape index (κ1) is 26.6. The molecule has 36 heavy (non-hydrogen) atoms. The van der Waals surface area contributed by atoms with E-state index in [2.05, 4.69) is 10.3 Å². The van der Waals surface area contributed by atoms with E-state index in [9.17, 15) is 40.3 Å². The summed E-state index contributed by atoms with van der Waals surface area (Å²) < 4.78 is 92.1. The topological polar surface area (TPSA) is 62.3 Å². The molecule has 0 aliphatic heterocycles. The zero-order chi connectivity index (χ0) is 26.8. The highest BCUT2D eigenvalue weighted by Gasteiger charge is 2.36. The van der Waals surface area contributed by atoms with Crippen LogP contribution < -0.4 is 5.32 Å². The third-order valence-electron chi connectivity index (χ3n) is 5.18. The van der Waals surface area contributed by atoms with Crippen molar-refractivity contribution in [2.24, 2.45) is 0 Å². The summed E-state index contributed by atoms with van der Waals surface area (Å²) in [5.41, 5.74) is -2.59. The summed E-state index contributed by atoms with van der Waals surface area (Å²) in [5.74, 6) is -3.29. The molecule has 1 aromatic heterocycles. The maximum Gasteiger partial charge on any atom is 0.419 e. The Morgan fingerprint density at radius 2 is 1.56 bits per heavy atom. The van der Waals surface area contributed by atoms with Crippen LogP contribution in [0.15, 0.2) is 60.9 Å². The average molecular weight is 513 g/mol. The molecule has 0 unspecified atom stereocenters. The molecule has 3 rings (SSSR count). The van der Waals surface area contributed by atoms with Gasteiger partial charge < -0.3 is 10.2 Å². The Hall–Kier alpha value is -3.96. The lowest BCUT2D eigenvalue weighted by Gasteiger charge is -2.23. The van der Waals surface area contributed by atoms with Crippen molar-refractivity contribution in [3.05, 3.63) is 89.0 Å². The third kappa shape index (κ3) is 5.81. The zero-order valence-electron chi connectivity index (χ0n) is 18.7. The van der Waals surface area contributed by atoms with E-state index < -0.39 is 47.2 Å². The van der Waals surface area contributed by atoms with Crippen LogP contribution in [0.2, 0.25) is 0 Å². The van der Waals surface area contributed by atoms with E-state index in [4.69, 9.17) is 0 Å². The van der Waals surface area contributed by atoms with Gasteiger partial charge in [0.25, 0.3) is 5.91 Å². The van der Waals surface area contributed by atoms with Crippen molar-refractivity contribution in [2.45, 2.75) is 18.4 Å². The first-order valence-electron chi connectivity index (χ1n) is 10.2. The van der Waals surface area contributed by atoms with Gasteiger partial charge in [-0.05, 0) is 47.0 Å². The molecule has 0 radical (unpaired) electrons. The smallest absolute Gasteiger partial charge is 0.347 e. The number of amides is 2. The molecule has 0 saturated carbocycles. The number of carbonyl (C=O) groups is 2. The SMILES string of the molecule is CN(C)C(=O)[C@@H](NC(=O)c1cnccc1-c1ccc(C(F)(F)F)cc1)c1ccc(F)c(C(F)(F)F)c1.